The zero-order chi connectivity index (χ0) is 20.1. The summed E-state index contributed by atoms with van der Waals surface area (Å²) in [4.78, 5) is 25.3. The molecule has 0 saturated carbocycles. The molecule has 0 spiro atoms. The molecule has 2 aromatic heterocycles. The minimum absolute atomic E-state index is 0.0185. The highest BCUT2D eigenvalue weighted by atomic mass is 19.1. The highest BCUT2D eigenvalue weighted by molar-refractivity contribution is 6.19. The number of hydrogen-bond acceptors (Lipinski definition) is 5. The maximum absolute atomic E-state index is 13.4. The number of carbonyl (C=O) groups is 1. The minimum atomic E-state index is -0.747. The van der Waals surface area contributed by atoms with E-state index >= 15 is 0 Å². The van der Waals surface area contributed by atoms with Gasteiger partial charge in [0.15, 0.2) is 5.69 Å². The number of carbonyl (C=O) groups excluding carboxylic acids is 1. The van der Waals surface area contributed by atoms with Crippen molar-refractivity contribution >= 4 is 38.6 Å². The van der Waals surface area contributed by atoms with Crippen LogP contribution in [-0.2, 0) is 4.74 Å². The first-order valence-corrected chi connectivity index (χ1v) is 8.80. The van der Waals surface area contributed by atoms with Gasteiger partial charge in [0, 0.05) is 0 Å². The van der Waals surface area contributed by atoms with Gasteiger partial charge < -0.3 is 9.15 Å². The van der Waals surface area contributed by atoms with Crippen LogP contribution in [0.15, 0.2) is 69.9 Å². The molecule has 3 aromatic carbocycles. The molecule has 2 heterocycles. The fraction of sp³-hybridized carbons (Fsp3) is 0.0455. The van der Waals surface area contributed by atoms with E-state index in [1.807, 2.05) is 30.3 Å². The largest absolute Gasteiger partial charge is 0.464 e. The molecule has 0 aliphatic carbocycles. The lowest BCUT2D eigenvalue weighted by Gasteiger charge is -2.05. The molecular weight excluding hydrogens is 375 g/mol. The molecule has 0 amide bonds. The van der Waals surface area contributed by atoms with Gasteiger partial charge in [0.25, 0.3) is 0 Å². The third-order valence-corrected chi connectivity index (χ3v) is 4.87. The van der Waals surface area contributed by atoms with E-state index in [0.29, 0.717) is 22.2 Å². The van der Waals surface area contributed by atoms with Crippen molar-refractivity contribution in [1.82, 2.24) is 9.78 Å². The van der Waals surface area contributed by atoms with Crippen LogP contribution in [0.2, 0.25) is 0 Å². The number of benzene rings is 3. The van der Waals surface area contributed by atoms with E-state index < -0.39 is 17.4 Å². The smallest absolute Gasteiger partial charge is 0.357 e. The highest BCUT2D eigenvalue weighted by Gasteiger charge is 2.26. The highest BCUT2D eigenvalue weighted by Crippen LogP contribution is 2.32. The van der Waals surface area contributed by atoms with Gasteiger partial charge in [-0.15, -0.1) is 0 Å². The van der Waals surface area contributed by atoms with Crippen LogP contribution in [0.5, 0.6) is 0 Å². The molecule has 0 radical (unpaired) electrons. The van der Waals surface area contributed by atoms with E-state index in [1.54, 1.807) is 6.07 Å². The van der Waals surface area contributed by atoms with E-state index in [2.05, 4.69) is 5.10 Å². The number of rotatable bonds is 2. The van der Waals surface area contributed by atoms with E-state index in [4.69, 9.17) is 9.15 Å². The fourth-order valence-electron chi connectivity index (χ4n) is 3.57. The summed E-state index contributed by atoms with van der Waals surface area (Å²) in [6, 6.07) is 16.6. The van der Waals surface area contributed by atoms with Gasteiger partial charge in [-0.3, -0.25) is 0 Å². The van der Waals surface area contributed by atoms with Crippen molar-refractivity contribution in [2.45, 2.75) is 0 Å². The summed E-state index contributed by atoms with van der Waals surface area (Å²) >= 11 is 0. The predicted molar refractivity (Wildman–Crippen MR) is 106 cm³/mol. The summed E-state index contributed by atoms with van der Waals surface area (Å²) in [6.07, 6.45) is 0. The molecule has 0 bridgehead atoms. The maximum atomic E-state index is 13.4. The first-order chi connectivity index (χ1) is 14.1. The summed E-state index contributed by atoms with van der Waals surface area (Å²) in [5.41, 5.74) is 0.323. The predicted octanol–water partition coefficient (Wildman–Crippen LogP) is 4.21. The van der Waals surface area contributed by atoms with Crippen molar-refractivity contribution in [2.24, 2.45) is 0 Å². The molecular formula is C22H13FN2O4. The van der Waals surface area contributed by atoms with Crippen molar-refractivity contribution in [2.75, 3.05) is 7.11 Å². The Bertz CT molecular complexity index is 1480. The van der Waals surface area contributed by atoms with Crippen molar-refractivity contribution in [3.8, 4) is 5.69 Å². The van der Waals surface area contributed by atoms with Crippen LogP contribution in [0, 0.1) is 5.82 Å². The average Bonchev–Trinajstić information content (AvgIpc) is 3.14. The lowest BCUT2D eigenvalue weighted by molar-refractivity contribution is 0.0592. The van der Waals surface area contributed by atoms with E-state index in [1.165, 1.54) is 36.1 Å². The van der Waals surface area contributed by atoms with Gasteiger partial charge in [-0.2, -0.15) is 5.10 Å². The lowest BCUT2D eigenvalue weighted by atomic mass is 10.0. The van der Waals surface area contributed by atoms with Gasteiger partial charge >= 0.3 is 11.6 Å². The summed E-state index contributed by atoms with van der Waals surface area (Å²) in [6.45, 7) is 0. The molecule has 0 saturated heterocycles. The molecule has 142 valence electrons. The second kappa shape index (κ2) is 6.27. The molecule has 5 rings (SSSR count). The standard InChI is InChI=1S/C22H13FN2O4/c1-28-22(27)20-18-19(24-25(20)14-9-7-13(23)8-10-14)17-15-5-3-2-4-12(15)6-11-16(17)29-21(18)26/h2-11H,1H3. The van der Waals surface area contributed by atoms with Crippen LogP contribution >= 0.6 is 0 Å². The molecule has 0 atom stereocenters. The van der Waals surface area contributed by atoms with Crippen molar-refractivity contribution < 1.29 is 18.3 Å². The first kappa shape index (κ1) is 17.1. The number of hydrogen-bond donors (Lipinski definition) is 0. The third kappa shape index (κ3) is 2.51. The molecule has 6 nitrogen and oxygen atoms in total. The van der Waals surface area contributed by atoms with E-state index in [-0.39, 0.29) is 11.1 Å². The van der Waals surface area contributed by atoms with Crippen molar-refractivity contribution in [3.63, 3.8) is 0 Å². The third-order valence-electron chi connectivity index (χ3n) is 4.87. The van der Waals surface area contributed by atoms with Crippen LogP contribution < -0.4 is 5.63 Å². The van der Waals surface area contributed by atoms with Crippen molar-refractivity contribution in [1.29, 1.82) is 0 Å². The normalized spacial score (nSPS) is 11.4. The van der Waals surface area contributed by atoms with Crippen LogP contribution in [0.25, 0.3) is 38.3 Å². The Balaban J connectivity index is 2.01. The Morgan fingerprint density at radius 1 is 1.03 bits per heavy atom. The molecule has 0 unspecified atom stereocenters. The summed E-state index contributed by atoms with van der Waals surface area (Å²) in [5, 5.41) is 6.96. The number of fused-ring (bicyclic) bond motifs is 5. The van der Waals surface area contributed by atoms with Gasteiger partial charge in [-0.25, -0.2) is 18.7 Å². The molecule has 0 N–H and O–H groups in total. The number of ether oxygens (including phenoxy) is 1. The fourth-order valence-corrected chi connectivity index (χ4v) is 3.57. The zero-order valence-electron chi connectivity index (χ0n) is 15.2. The second-order valence-corrected chi connectivity index (χ2v) is 6.50. The van der Waals surface area contributed by atoms with Gasteiger partial charge in [0.2, 0.25) is 0 Å². The van der Waals surface area contributed by atoms with Gasteiger partial charge in [-0.1, -0.05) is 30.3 Å². The summed E-state index contributed by atoms with van der Waals surface area (Å²) in [5.74, 6) is -1.18. The molecule has 7 heteroatoms. The SMILES string of the molecule is COC(=O)c1c2c(=O)oc3ccc4ccccc4c3c2nn1-c1ccc(F)cc1. The van der Waals surface area contributed by atoms with E-state index in [9.17, 15) is 14.0 Å². The van der Waals surface area contributed by atoms with Crippen LogP contribution in [-0.4, -0.2) is 22.9 Å². The molecule has 0 aliphatic rings. The van der Waals surface area contributed by atoms with Crippen LogP contribution in [0.3, 0.4) is 0 Å². The van der Waals surface area contributed by atoms with E-state index in [0.717, 1.165) is 10.8 Å². The van der Waals surface area contributed by atoms with Gasteiger partial charge in [-0.05, 0) is 41.1 Å². The summed E-state index contributed by atoms with van der Waals surface area (Å²) < 4.78 is 25.1. The second-order valence-electron chi connectivity index (χ2n) is 6.50. The Labute approximate surface area is 162 Å². The number of aromatic nitrogens is 2. The summed E-state index contributed by atoms with van der Waals surface area (Å²) in [7, 11) is 1.22. The van der Waals surface area contributed by atoms with Gasteiger partial charge in [0.05, 0.1) is 18.2 Å². The van der Waals surface area contributed by atoms with Crippen LogP contribution in [0.4, 0.5) is 4.39 Å². The Kier molecular flexibility index (Phi) is 3.70. The average molecular weight is 388 g/mol. The van der Waals surface area contributed by atoms with Crippen molar-refractivity contribution in [3.05, 3.63) is 82.6 Å². The Morgan fingerprint density at radius 2 is 1.79 bits per heavy atom. The maximum Gasteiger partial charge on any atom is 0.357 e. The quantitative estimate of drug-likeness (QED) is 0.257. The van der Waals surface area contributed by atoms with Gasteiger partial charge in [0.1, 0.15) is 22.3 Å². The number of esters is 1. The zero-order valence-corrected chi connectivity index (χ0v) is 15.2. The number of nitrogens with zero attached hydrogens (tertiary/aromatic N) is 2. The number of halogens is 1. The Hall–Kier alpha value is -4.00. The molecule has 29 heavy (non-hydrogen) atoms. The minimum Gasteiger partial charge on any atom is -0.464 e. The molecule has 5 aromatic rings. The number of methoxy groups -OCH3 is 1. The molecule has 0 aliphatic heterocycles. The monoisotopic (exact) mass is 388 g/mol. The topological polar surface area (TPSA) is 74.3 Å². The first-order valence-electron chi connectivity index (χ1n) is 8.80. The van der Waals surface area contributed by atoms with Crippen LogP contribution in [0.1, 0.15) is 10.5 Å². The molecule has 0 fully saturated rings. The lowest BCUT2D eigenvalue weighted by Crippen LogP contribution is -2.13. The Morgan fingerprint density at radius 3 is 2.55 bits per heavy atom.